The highest BCUT2D eigenvalue weighted by molar-refractivity contribution is 8.04. The van der Waals surface area contributed by atoms with E-state index in [4.69, 9.17) is 0 Å². The van der Waals surface area contributed by atoms with Gasteiger partial charge in [0.2, 0.25) is 10.0 Å². The van der Waals surface area contributed by atoms with E-state index in [0.29, 0.717) is 6.26 Å². The number of halogens is 2. The van der Waals surface area contributed by atoms with Gasteiger partial charge in [-0.15, -0.1) is 4.13 Å². The van der Waals surface area contributed by atoms with E-state index in [9.17, 15) is 25.6 Å². The van der Waals surface area contributed by atoms with Crippen LogP contribution < -0.4 is 4.13 Å². The summed E-state index contributed by atoms with van der Waals surface area (Å²) in [6.45, 7) is 0.0838. The molecular weight excluding hydrogens is 216 g/mol. The molecule has 0 saturated carbocycles. The Morgan fingerprint density at radius 3 is 1.58 bits per heavy atom. The first-order valence-corrected chi connectivity index (χ1v) is 5.94. The number of rotatable bonds is 3. The van der Waals surface area contributed by atoms with Crippen molar-refractivity contribution in [3.05, 3.63) is 0 Å². The summed E-state index contributed by atoms with van der Waals surface area (Å²) >= 11 is 0. The Labute approximate surface area is 68.9 Å². The van der Waals surface area contributed by atoms with Gasteiger partial charge >= 0.3 is 5.25 Å². The van der Waals surface area contributed by atoms with Gasteiger partial charge in [-0.1, -0.05) is 0 Å². The van der Waals surface area contributed by atoms with E-state index in [0.717, 1.165) is 4.13 Å². The second kappa shape index (κ2) is 2.89. The lowest BCUT2D eigenvalue weighted by molar-refractivity contribution is 0.113. The molecule has 0 amide bonds. The number of alkyl halides is 2. The average Bonchev–Trinajstić information content (AvgIpc) is 1.52. The van der Waals surface area contributed by atoms with Gasteiger partial charge in [-0.3, -0.25) is 0 Å². The predicted octanol–water partition coefficient (Wildman–Crippen LogP) is -0.522. The van der Waals surface area contributed by atoms with E-state index in [1.807, 2.05) is 0 Å². The number of nitrogens with one attached hydrogen (secondary N) is 1. The minimum Gasteiger partial charge on any atom is -0.212 e. The zero-order chi connectivity index (χ0) is 10.2. The van der Waals surface area contributed by atoms with Gasteiger partial charge in [-0.05, 0) is 0 Å². The van der Waals surface area contributed by atoms with E-state index >= 15 is 0 Å². The van der Waals surface area contributed by atoms with Gasteiger partial charge in [0.05, 0.1) is 6.26 Å². The van der Waals surface area contributed by atoms with Crippen LogP contribution in [0.4, 0.5) is 8.78 Å². The van der Waals surface area contributed by atoms with Gasteiger partial charge in [0.15, 0.2) is 0 Å². The maximum absolute atomic E-state index is 12.1. The molecule has 0 rings (SSSR count). The van der Waals surface area contributed by atoms with E-state index in [1.165, 1.54) is 0 Å². The molecule has 0 radical (unpaired) electrons. The Hall–Kier alpha value is -0.280. The second-order valence-electron chi connectivity index (χ2n) is 2.17. The summed E-state index contributed by atoms with van der Waals surface area (Å²) in [5, 5.41) is -4.12. The van der Waals surface area contributed by atoms with Crippen molar-refractivity contribution in [3.63, 3.8) is 0 Å². The highest BCUT2D eigenvalue weighted by Crippen LogP contribution is 2.18. The van der Waals surface area contributed by atoms with Gasteiger partial charge in [-0.25, -0.2) is 16.8 Å². The quantitative estimate of drug-likeness (QED) is 0.698. The summed E-state index contributed by atoms with van der Waals surface area (Å²) in [5.74, 6) is 0. The maximum Gasteiger partial charge on any atom is 0.357 e. The summed E-state index contributed by atoms with van der Waals surface area (Å²) in [6.07, 6.45) is 0.469. The number of sulfonamides is 2. The van der Waals surface area contributed by atoms with Crippen LogP contribution in [-0.4, -0.2) is 28.3 Å². The zero-order valence-corrected chi connectivity index (χ0v) is 7.84. The fourth-order valence-electron chi connectivity index (χ4n) is 0.272. The smallest absolute Gasteiger partial charge is 0.212 e. The lowest BCUT2D eigenvalue weighted by Crippen LogP contribution is -2.40. The molecule has 12 heavy (non-hydrogen) atoms. The summed E-state index contributed by atoms with van der Waals surface area (Å²) < 4.78 is 66.5. The first-order chi connectivity index (χ1) is 4.96. The molecule has 0 aromatic heterocycles. The normalized spacial score (nSPS) is 14.7. The van der Waals surface area contributed by atoms with E-state index in [1.54, 1.807) is 0 Å². The first-order valence-electron chi connectivity index (χ1n) is 2.57. The van der Waals surface area contributed by atoms with Crippen molar-refractivity contribution in [2.45, 2.75) is 12.2 Å². The van der Waals surface area contributed by atoms with Crippen LogP contribution in [0.2, 0.25) is 0 Å². The van der Waals surface area contributed by atoms with Crippen molar-refractivity contribution >= 4 is 20.0 Å². The Balaban J connectivity index is 4.96. The molecular formula is C3H7F2NO4S2. The third-order valence-electron chi connectivity index (χ3n) is 0.733. The highest BCUT2D eigenvalue weighted by atomic mass is 32.3. The molecule has 0 saturated heterocycles. The van der Waals surface area contributed by atoms with Crippen molar-refractivity contribution in [2.24, 2.45) is 0 Å². The fraction of sp³-hybridized carbons (Fsp3) is 1.00. The molecule has 0 atom stereocenters. The van der Waals surface area contributed by atoms with Crippen molar-refractivity contribution in [1.29, 1.82) is 0 Å². The molecule has 74 valence electrons. The fourth-order valence-corrected chi connectivity index (χ4v) is 2.45. The third kappa shape index (κ3) is 3.41. The third-order valence-corrected chi connectivity index (χ3v) is 3.77. The standard InChI is InChI=1S/C3H7F2NO4S2/c1-3(4,5)12(9,10)6-11(2,7)8/h6H,1-2H3. The molecule has 0 spiro atoms. The van der Waals surface area contributed by atoms with Crippen LogP contribution in [0.1, 0.15) is 6.92 Å². The van der Waals surface area contributed by atoms with Crippen molar-refractivity contribution < 1.29 is 25.6 Å². The molecule has 0 aliphatic carbocycles. The van der Waals surface area contributed by atoms with Crippen LogP contribution in [-0.2, 0) is 20.0 Å². The Bertz CT molecular complexity index is 350. The lowest BCUT2D eigenvalue weighted by atomic mass is 10.9. The van der Waals surface area contributed by atoms with Crippen LogP contribution >= 0.6 is 0 Å². The van der Waals surface area contributed by atoms with Gasteiger partial charge < -0.3 is 0 Å². The Morgan fingerprint density at radius 2 is 1.50 bits per heavy atom. The van der Waals surface area contributed by atoms with Crippen LogP contribution in [0.3, 0.4) is 0 Å². The van der Waals surface area contributed by atoms with Gasteiger partial charge in [-0.2, -0.15) is 8.78 Å². The van der Waals surface area contributed by atoms with E-state index in [2.05, 4.69) is 0 Å². The molecule has 0 aromatic rings. The van der Waals surface area contributed by atoms with Crippen LogP contribution in [0, 0.1) is 0 Å². The second-order valence-corrected chi connectivity index (χ2v) is 6.10. The summed E-state index contributed by atoms with van der Waals surface area (Å²) in [6, 6.07) is 0. The molecule has 0 fully saturated rings. The summed E-state index contributed by atoms with van der Waals surface area (Å²) in [5.41, 5.74) is 0. The van der Waals surface area contributed by atoms with Gasteiger partial charge in [0.1, 0.15) is 0 Å². The molecule has 5 nitrogen and oxygen atoms in total. The summed E-state index contributed by atoms with van der Waals surface area (Å²) in [4.78, 5) is 0. The highest BCUT2D eigenvalue weighted by Gasteiger charge is 2.41. The van der Waals surface area contributed by atoms with Gasteiger partial charge in [0.25, 0.3) is 10.0 Å². The van der Waals surface area contributed by atoms with Crippen LogP contribution in [0.5, 0.6) is 0 Å². The predicted molar refractivity (Wildman–Crippen MR) is 37.5 cm³/mol. The minimum atomic E-state index is -5.13. The van der Waals surface area contributed by atoms with Crippen LogP contribution in [0.15, 0.2) is 0 Å². The van der Waals surface area contributed by atoms with Crippen molar-refractivity contribution in [3.8, 4) is 0 Å². The Morgan fingerprint density at radius 1 is 1.17 bits per heavy atom. The largest absolute Gasteiger partial charge is 0.357 e. The average molecular weight is 223 g/mol. The van der Waals surface area contributed by atoms with E-state index in [-0.39, 0.29) is 6.92 Å². The molecule has 0 aromatic carbocycles. The molecule has 9 heteroatoms. The van der Waals surface area contributed by atoms with Crippen LogP contribution in [0.25, 0.3) is 0 Å². The van der Waals surface area contributed by atoms with Crippen molar-refractivity contribution in [2.75, 3.05) is 6.26 Å². The molecule has 0 aliphatic rings. The monoisotopic (exact) mass is 223 g/mol. The lowest BCUT2D eigenvalue weighted by Gasteiger charge is -2.10. The Kier molecular flexibility index (Phi) is 2.82. The number of hydrogen-bond acceptors (Lipinski definition) is 4. The molecule has 0 aliphatic heterocycles. The first kappa shape index (κ1) is 11.7. The minimum absolute atomic E-state index is 0.0838. The molecule has 0 bridgehead atoms. The van der Waals surface area contributed by atoms with E-state index < -0.39 is 25.3 Å². The SMILES string of the molecule is CC(F)(F)S(=O)(=O)NS(C)(=O)=O. The molecule has 0 unspecified atom stereocenters. The molecule has 0 heterocycles. The summed E-state index contributed by atoms with van der Waals surface area (Å²) in [7, 11) is -9.31. The topological polar surface area (TPSA) is 80.3 Å². The molecule has 1 N–H and O–H groups in total. The van der Waals surface area contributed by atoms with Crippen molar-refractivity contribution in [1.82, 2.24) is 4.13 Å². The van der Waals surface area contributed by atoms with Gasteiger partial charge in [0, 0.05) is 6.92 Å². The zero-order valence-electron chi connectivity index (χ0n) is 6.21. The maximum atomic E-state index is 12.1. The number of hydrogen-bond donors (Lipinski definition) is 1.